The fraction of sp³-hybridized carbons (Fsp3) is 0.333. The van der Waals surface area contributed by atoms with Gasteiger partial charge in [0.05, 0.1) is 0 Å². The van der Waals surface area contributed by atoms with Gasteiger partial charge in [0.25, 0.3) is 0 Å². The Bertz CT molecular complexity index is 562. The summed E-state index contributed by atoms with van der Waals surface area (Å²) >= 11 is 0. The Morgan fingerprint density at radius 3 is 2.05 bits per heavy atom. The fourth-order valence-corrected chi connectivity index (χ4v) is 2.48. The first-order valence-electron chi connectivity index (χ1n) is 7.07. The summed E-state index contributed by atoms with van der Waals surface area (Å²) in [4.78, 5) is 0. The molecule has 2 aromatic rings. The third kappa shape index (κ3) is 3.45. The Morgan fingerprint density at radius 1 is 1.00 bits per heavy atom. The van der Waals surface area contributed by atoms with Crippen LogP contribution in [0, 0.1) is 19.7 Å². The van der Waals surface area contributed by atoms with Crippen molar-refractivity contribution >= 4 is 0 Å². The quantitative estimate of drug-likeness (QED) is 0.856. The summed E-state index contributed by atoms with van der Waals surface area (Å²) in [6.45, 7) is 9.07. The van der Waals surface area contributed by atoms with Crippen molar-refractivity contribution in [1.82, 2.24) is 5.32 Å². The van der Waals surface area contributed by atoms with Gasteiger partial charge >= 0.3 is 0 Å². The van der Waals surface area contributed by atoms with E-state index in [0.717, 1.165) is 28.8 Å². The van der Waals surface area contributed by atoms with Crippen LogP contribution in [0.4, 0.5) is 4.39 Å². The van der Waals surface area contributed by atoms with E-state index in [1.807, 2.05) is 13.8 Å². The van der Waals surface area contributed by atoms with Crippen LogP contribution in [0.15, 0.2) is 36.4 Å². The van der Waals surface area contributed by atoms with Gasteiger partial charge in [-0.2, -0.15) is 0 Å². The van der Waals surface area contributed by atoms with E-state index in [-0.39, 0.29) is 5.82 Å². The zero-order chi connectivity index (χ0) is 14.7. The molecule has 1 nitrogen and oxygen atoms in total. The van der Waals surface area contributed by atoms with E-state index >= 15 is 0 Å². The lowest BCUT2D eigenvalue weighted by molar-refractivity contribution is 0.589. The first-order chi connectivity index (χ1) is 9.47. The monoisotopic (exact) mass is 271 g/mol. The highest BCUT2D eigenvalue weighted by atomic mass is 19.1. The van der Waals surface area contributed by atoms with E-state index in [1.54, 1.807) is 12.1 Å². The van der Waals surface area contributed by atoms with Crippen LogP contribution in [0.5, 0.6) is 0 Å². The van der Waals surface area contributed by atoms with Gasteiger partial charge in [-0.15, -0.1) is 0 Å². The molecule has 20 heavy (non-hydrogen) atoms. The molecule has 0 atom stereocenters. The van der Waals surface area contributed by atoms with Gasteiger partial charge in [0.1, 0.15) is 5.82 Å². The molecule has 2 rings (SSSR count). The first-order valence-corrected chi connectivity index (χ1v) is 7.07. The number of halogens is 1. The standard InChI is InChI=1S/C18H22FN/c1-12(2)20-11-15-5-7-16(8-6-15)18-13(3)9-17(19)10-14(18)4/h5-10,12,20H,11H2,1-4H3. The molecular formula is C18H22FN. The molecule has 0 bridgehead atoms. The van der Waals surface area contributed by atoms with Crippen molar-refractivity contribution in [3.8, 4) is 11.1 Å². The van der Waals surface area contributed by atoms with Crippen LogP contribution in [0.2, 0.25) is 0 Å². The summed E-state index contributed by atoms with van der Waals surface area (Å²) in [5.74, 6) is -0.165. The molecule has 0 fully saturated rings. The number of hydrogen-bond acceptors (Lipinski definition) is 1. The van der Waals surface area contributed by atoms with Crippen molar-refractivity contribution in [3.05, 3.63) is 58.9 Å². The van der Waals surface area contributed by atoms with Gasteiger partial charge in [-0.25, -0.2) is 4.39 Å². The SMILES string of the molecule is Cc1cc(F)cc(C)c1-c1ccc(CNC(C)C)cc1. The van der Waals surface area contributed by atoms with E-state index < -0.39 is 0 Å². The lowest BCUT2D eigenvalue weighted by Gasteiger charge is -2.12. The minimum Gasteiger partial charge on any atom is -0.310 e. The Hall–Kier alpha value is -1.67. The van der Waals surface area contributed by atoms with Crippen molar-refractivity contribution < 1.29 is 4.39 Å². The van der Waals surface area contributed by atoms with Crippen molar-refractivity contribution in [2.24, 2.45) is 0 Å². The highest BCUT2D eigenvalue weighted by Crippen LogP contribution is 2.28. The Labute approximate surface area is 120 Å². The molecule has 0 saturated heterocycles. The second kappa shape index (κ2) is 6.19. The molecule has 0 spiro atoms. The predicted molar refractivity (Wildman–Crippen MR) is 83.3 cm³/mol. The van der Waals surface area contributed by atoms with Crippen LogP contribution in [0.3, 0.4) is 0 Å². The number of benzene rings is 2. The molecule has 0 unspecified atom stereocenters. The van der Waals surface area contributed by atoms with Crippen LogP contribution in [0.25, 0.3) is 11.1 Å². The van der Waals surface area contributed by atoms with Gasteiger partial charge in [0, 0.05) is 12.6 Å². The van der Waals surface area contributed by atoms with E-state index in [1.165, 1.54) is 5.56 Å². The van der Waals surface area contributed by atoms with E-state index in [0.29, 0.717) is 6.04 Å². The zero-order valence-corrected chi connectivity index (χ0v) is 12.6. The third-order valence-electron chi connectivity index (χ3n) is 3.45. The summed E-state index contributed by atoms with van der Waals surface area (Å²) in [6.07, 6.45) is 0. The summed E-state index contributed by atoms with van der Waals surface area (Å²) in [6, 6.07) is 12.2. The van der Waals surface area contributed by atoms with Crippen LogP contribution >= 0.6 is 0 Å². The van der Waals surface area contributed by atoms with Crippen molar-refractivity contribution in [1.29, 1.82) is 0 Å². The zero-order valence-electron chi connectivity index (χ0n) is 12.6. The fourth-order valence-electron chi connectivity index (χ4n) is 2.48. The molecular weight excluding hydrogens is 249 g/mol. The minimum atomic E-state index is -0.165. The summed E-state index contributed by atoms with van der Waals surface area (Å²) in [5, 5.41) is 3.40. The molecule has 0 saturated carbocycles. The van der Waals surface area contributed by atoms with Crippen molar-refractivity contribution in [2.45, 2.75) is 40.3 Å². The number of rotatable bonds is 4. The summed E-state index contributed by atoms with van der Waals surface area (Å²) in [5.41, 5.74) is 5.51. The van der Waals surface area contributed by atoms with Gasteiger partial charge in [-0.05, 0) is 53.8 Å². The first kappa shape index (κ1) is 14.7. The summed E-state index contributed by atoms with van der Waals surface area (Å²) in [7, 11) is 0. The lowest BCUT2D eigenvalue weighted by Crippen LogP contribution is -2.21. The highest BCUT2D eigenvalue weighted by Gasteiger charge is 2.07. The lowest BCUT2D eigenvalue weighted by atomic mass is 9.95. The van der Waals surface area contributed by atoms with Gasteiger partial charge < -0.3 is 5.32 Å². The third-order valence-corrected chi connectivity index (χ3v) is 3.45. The highest BCUT2D eigenvalue weighted by molar-refractivity contribution is 5.70. The van der Waals surface area contributed by atoms with Crippen molar-refractivity contribution in [2.75, 3.05) is 0 Å². The van der Waals surface area contributed by atoms with Gasteiger partial charge in [0.2, 0.25) is 0 Å². The summed E-state index contributed by atoms with van der Waals surface area (Å²) < 4.78 is 13.4. The normalized spacial score (nSPS) is 11.1. The Morgan fingerprint density at radius 2 is 1.55 bits per heavy atom. The predicted octanol–water partition coefficient (Wildman–Crippen LogP) is 4.61. The maximum Gasteiger partial charge on any atom is 0.123 e. The maximum absolute atomic E-state index is 13.4. The molecule has 0 aliphatic rings. The topological polar surface area (TPSA) is 12.0 Å². The average Bonchev–Trinajstić information content (AvgIpc) is 2.36. The second-order valence-electron chi connectivity index (χ2n) is 5.65. The maximum atomic E-state index is 13.4. The largest absolute Gasteiger partial charge is 0.310 e. The molecule has 0 heterocycles. The smallest absolute Gasteiger partial charge is 0.123 e. The van der Waals surface area contributed by atoms with Crippen LogP contribution < -0.4 is 5.32 Å². The molecule has 0 aliphatic carbocycles. The molecule has 2 heteroatoms. The molecule has 2 aromatic carbocycles. The number of hydrogen-bond donors (Lipinski definition) is 1. The van der Waals surface area contributed by atoms with E-state index in [4.69, 9.17) is 0 Å². The van der Waals surface area contributed by atoms with E-state index in [9.17, 15) is 4.39 Å². The molecule has 0 aliphatic heterocycles. The number of aryl methyl sites for hydroxylation is 2. The van der Waals surface area contributed by atoms with Gasteiger partial charge in [0.15, 0.2) is 0 Å². The number of nitrogens with one attached hydrogen (secondary N) is 1. The Kier molecular flexibility index (Phi) is 4.56. The Balaban J connectivity index is 2.26. The average molecular weight is 271 g/mol. The molecule has 0 amide bonds. The molecule has 0 aromatic heterocycles. The van der Waals surface area contributed by atoms with Crippen molar-refractivity contribution in [3.63, 3.8) is 0 Å². The van der Waals surface area contributed by atoms with Gasteiger partial charge in [-0.3, -0.25) is 0 Å². The van der Waals surface area contributed by atoms with Crippen LogP contribution in [0.1, 0.15) is 30.5 Å². The molecule has 106 valence electrons. The van der Waals surface area contributed by atoms with E-state index in [2.05, 4.69) is 43.4 Å². The second-order valence-corrected chi connectivity index (χ2v) is 5.65. The minimum absolute atomic E-state index is 0.165. The van der Waals surface area contributed by atoms with Gasteiger partial charge in [-0.1, -0.05) is 38.1 Å². The van der Waals surface area contributed by atoms with Crippen LogP contribution in [-0.4, -0.2) is 6.04 Å². The molecule has 0 radical (unpaired) electrons. The van der Waals surface area contributed by atoms with Crippen LogP contribution in [-0.2, 0) is 6.54 Å². The molecule has 1 N–H and O–H groups in total.